The first-order valence-corrected chi connectivity index (χ1v) is 7.80. The van der Waals surface area contributed by atoms with Crippen LogP contribution in [-0.4, -0.2) is 17.8 Å². The van der Waals surface area contributed by atoms with Gasteiger partial charge in [0.2, 0.25) is 0 Å². The number of hydrogen-bond acceptors (Lipinski definition) is 4. The van der Waals surface area contributed by atoms with Crippen LogP contribution in [-0.2, 0) is 11.2 Å². The minimum Gasteiger partial charge on any atom is -0.461 e. The molecule has 0 fully saturated rings. The second kappa shape index (κ2) is 5.82. The lowest BCUT2D eigenvalue weighted by molar-refractivity contribution is 0.0508. The predicted molar refractivity (Wildman–Crippen MR) is 85.7 cm³/mol. The van der Waals surface area contributed by atoms with Crippen molar-refractivity contribution in [1.82, 2.24) is 0 Å². The molecule has 1 aliphatic rings. The molecule has 0 bridgehead atoms. The first-order chi connectivity index (χ1) is 10.1. The SMILES string of the molecule is Cc1cccc(C(=O)OCC2Cc3ccccc3S2)c1N. The quantitative estimate of drug-likeness (QED) is 0.696. The molecule has 2 aromatic carbocycles. The molecular weight excluding hydrogens is 282 g/mol. The lowest BCUT2D eigenvalue weighted by Crippen LogP contribution is -2.17. The Labute approximate surface area is 128 Å². The van der Waals surface area contributed by atoms with Crippen LogP contribution in [0.15, 0.2) is 47.4 Å². The van der Waals surface area contributed by atoms with E-state index in [9.17, 15) is 4.79 Å². The van der Waals surface area contributed by atoms with Gasteiger partial charge in [0.05, 0.1) is 5.56 Å². The highest BCUT2D eigenvalue weighted by atomic mass is 32.2. The molecule has 0 aromatic heterocycles. The Morgan fingerprint density at radius 1 is 1.29 bits per heavy atom. The number of benzene rings is 2. The number of nitrogens with two attached hydrogens (primary N) is 1. The maximum Gasteiger partial charge on any atom is 0.340 e. The number of rotatable bonds is 3. The van der Waals surface area contributed by atoms with E-state index < -0.39 is 0 Å². The van der Waals surface area contributed by atoms with E-state index in [-0.39, 0.29) is 11.2 Å². The summed E-state index contributed by atoms with van der Waals surface area (Å²) >= 11 is 1.77. The van der Waals surface area contributed by atoms with Gasteiger partial charge >= 0.3 is 5.97 Å². The maximum atomic E-state index is 12.1. The van der Waals surface area contributed by atoms with Crippen molar-refractivity contribution >= 4 is 23.4 Å². The van der Waals surface area contributed by atoms with E-state index in [4.69, 9.17) is 10.5 Å². The van der Waals surface area contributed by atoms with Gasteiger partial charge in [0.1, 0.15) is 6.61 Å². The van der Waals surface area contributed by atoms with Crippen LogP contribution in [0.3, 0.4) is 0 Å². The number of anilines is 1. The van der Waals surface area contributed by atoms with Crippen LogP contribution in [0, 0.1) is 6.92 Å². The Hall–Kier alpha value is -1.94. The number of ether oxygens (including phenoxy) is 1. The molecule has 0 spiro atoms. The molecule has 3 nitrogen and oxygen atoms in total. The van der Waals surface area contributed by atoms with Crippen molar-refractivity contribution in [1.29, 1.82) is 0 Å². The van der Waals surface area contributed by atoms with E-state index in [1.54, 1.807) is 17.8 Å². The fourth-order valence-electron chi connectivity index (χ4n) is 2.45. The summed E-state index contributed by atoms with van der Waals surface area (Å²) in [4.78, 5) is 13.4. The number of fused-ring (bicyclic) bond motifs is 1. The van der Waals surface area contributed by atoms with E-state index in [1.807, 2.05) is 31.2 Å². The third-order valence-corrected chi connectivity index (χ3v) is 4.95. The van der Waals surface area contributed by atoms with Gasteiger partial charge in [-0.3, -0.25) is 0 Å². The predicted octanol–water partition coefficient (Wildman–Crippen LogP) is 3.45. The monoisotopic (exact) mass is 299 g/mol. The van der Waals surface area contributed by atoms with Crippen molar-refractivity contribution in [2.75, 3.05) is 12.3 Å². The molecule has 0 aliphatic carbocycles. The Morgan fingerprint density at radius 2 is 2.10 bits per heavy atom. The van der Waals surface area contributed by atoms with Crippen molar-refractivity contribution in [2.45, 2.75) is 23.5 Å². The molecule has 108 valence electrons. The zero-order valence-corrected chi connectivity index (χ0v) is 12.7. The molecule has 2 N–H and O–H groups in total. The van der Waals surface area contributed by atoms with Gasteiger partial charge < -0.3 is 10.5 Å². The molecule has 1 heterocycles. The molecule has 3 rings (SSSR count). The van der Waals surface area contributed by atoms with Gasteiger partial charge in [0.15, 0.2) is 0 Å². The number of carbonyl (C=O) groups excluding carboxylic acids is 1. The van der Waals surface area contributed by atoms with Crippen LogP contribution in [0.1, 0.15) is 21.5 Å². The molecule has 21 heavy (non-hydrogen) atoms. The van der Waals surface area contributed by atoms with E-state index in [0.29, 0.717) is 17.9 Å². The molecule has 2 aromatic rings. The van der Waals surface area contributed by atoms with Crippen LogP contribution in [0.2, 0.25) is 0 Å². The van der Waals surface area contributed by atoms with Crippen LogP contribution in [0.25, 0.3) is 0 Å². The summed E-state index contributed by atoms with van der Waals surface area (Å²) < 4.78 is 5.44. The highest BCUT2D eigenvalue weighted by molar-refractivity contribution is 8.00. The van der Waals surface area contributed by atoms with Gasteiger partial charge in [0.25, 0.3) is 0 Å². The second-order valence-corrected chi connectivity index (χ2v) is 6.53. The van der Waals surface area contributed by atoms with Gasteiger partial charge in [-0.2, -0.15) is 0 Å². The number of carbonyl (C=O) groups is 1. The lowest BCUT2D eigenvalue weighted by Gasteiger charge is -2.11. The molecule has 0 saturated heterocycles. The Morgan fingerprint density at radius 3 is 2.90 bits per heavy atom. The van der Waals surface area contributed by atoms with Gasteiger partial charge in [-0.15, -0.1) is 11.8 Å². The Kier molecular flexibility index (Phi) is 3.88. The zero-order valence-electron chi connectivity index (χ0n) is 11.8. The smallest absolute Gasteiger partial charge is 0.340 e. The third-order valence-electron chi connectivity index (χ3n) is 3.66. The summed E-state index contributed by atoms with van der Waals surface area (Å²) in [6, 6.07) is 13.7. The molecule has 0 saturated carbocycles. The molecule has 0 radical (unpaired) electrons. The Bertz CT molecular complexity index is 659. The van der Waals surface area contributed by atoms with Crippen molar-refractivity contribution in [3.63, 3.8) is 0 Å². The molecule has 1 aliphatic heterocycles. The second-order valence-electron chi connectivity index (χ2n) is 5.19. The number of aryl methyl sites for hydroxylation is 1. The largest absolute Gasteiger partial charge is 0.461 e. The molecular formula is C17H17NO2S. The van der Waals surface area contributed by atoms with Gasteiger partial charge in [-0.05, 0) is 36.6 Å². The summed E-state index contributed by atoms with van der Waals surface area (Å²) in [5.41, 5.74) is 9.12. The van der Waals surface area contributed by atoms with Gasteiger partial charge in [0, 0.05) is 15.8 Å². The van der Waals surface area contributed by atoms with Crippen LogP contribution >= 0.6 is 11.8 Å². The molecule has 4 heteroatoms. The molecule has 1 unspecified atom stereocenters. The number of esters is 1. The summed E-state index contributed by atoms with van der Waals surface area (Å²) in [6.07, 6.45) is 0.942. The minimum atomic E-state index is -0.340. The zero-order chi connectivity index (χ0) is 14.8. The molecule has 0 amide bonds. The highest BCUT2D eigenvalue weighted by Crippen LogP contribution is 2.36. The van der Waals surface area contributed by atoms with E-state index in [0.717, 1.165) is 12.0 Å². The van der Waals surface area contributed by atoms with Crippen LogP contribution in [0.5, 0.6) is 0 Å². The van der Waals surface area contributed by atoms with Crippen molar-refractivity contribution < 1.29 is 9.53 Å². The maximum absolute atomic E-state index is 12.1. The minimum absolute atomic E-state index is 0.289. The summed E-state index contributed by atoms with van der Waals surface area (Å²) in [6.45, 7) is 2.29. The van der Waals surface area contributed by atoms with Crippen LogP contribution < -0.4 is 5.73 Å². The highest BCUT2D eigenvalue weighted by Gasteiger charge is 2.23. The van der Waals surface area contributed by atoms with Crippen molar-refractivity contribution in [3.8, 4) is 0 Å². The summed E-state index contributed by atoms with van der Waals surface area (Å²) in [5, 5.41) is 0.289. The first-order valence-electron chi connectivity index (χ1n) is 6.92. The number of hydrogen-bond donors (Lipinski definition) is 1. The van der Waals surface area contributed by atoms with Crippen molar-refractivity contribution in [2.24, 2.45) is 0 Å². The van der Waals surface area contributed by atoms with E-state index in [1.165, 1.54) is 10.5 Å². The summed E-state index contributed by atoms with van der Waals surface area (Å²) in [7, 11) is 0. The third kappa shape index (κ3) is 2.90. The number of para-hydroxylation sites is 1. The fourth-order valence-corrected chi connectivity index (χ4v) is 3.67. The fraction of sp³-hybridized carbons (Fsp3) is 0.235. The lowest BCUT2D eigenvalue weighted by atomic mass is 10.1. The number of thioether (sulfide) groups is 1. The first kappa shape index (κ1) is 14.0. The topological polar surface area (TPSA) is 52.3 Å². The average molecular weight is 299 g/mol. The van der Waals surface area contributed by atoms with Gasteiger partial charge in [-0.1, -0.05) is 30.3 Å². The van der Waals surface area contributed by atoms with Gasteiger partial charge in [-0.25, -0.2) is 4.79 Å². The molecule has 1 atom stereocenters. The Balaban J connectivity index is 1.62. The normalized spacial score (nSPS) is 16.5. The standard InChI is InChI=1S/C17H17NO2S/c1-11-5-4-7-14(16(11)18)17(19)20-10-13-9-12-6-2-3-8-15(12)21-13/h2-8,13H,9-10,18H2,1H3. The van der Waals surface area contributed by atoms with Crippen molar-refractivity contribution in [3.05, 3.63) is 59.2 Å². The van der Waals surface area contributed by atoms with E-state index >= 15 is 0 Å². The average Bonchev–Trinajstić information content (AvgIpc) is 2.90. The van der Waals surface area contributed by atoms with E-state index in [2.05, 4.69) is 12.1 Å². The number of nitrogen functional groups attached to an aromatic ring is 1. The van der Waals surface area contributed by atoms with Crippen LogP contribution in [0.4, 0.5) is 5.69 Å². The summed E-state index contributed by atoms with van der Waals surface area (Å²) in [5.74, 6) is -0.340.